The van der Waals surface area contributed by atoms with E-state index in [1.54, 1.807) is 0 Å². The van der Waals surface area contributed by atoms with Crippen LogP contribution in [0, 0.1) is 11.8 Å². The summed E-state index contributed by atoms with van der Waals surface area (Å²) in [6.07, 6.45) is 0. The minimum Gasteiger partial charge on any atom is -0.368 e. The van der Waals surface area contributed by atoms with Crippen molar-refractivity contribution in [3.05, 3.63) is 78.0 Å². The molecule has 0 bridgehead atoms. The van der Waals surface area contributed by atoms with Crippen molar-refractivity contribution in [3.63, 3.8) is 0 Å². The van der Waals surface area contributed by atoms with E-state index in [1.165, 1.54) is 6.92 Å². The summed E-state index contributed by atoms with van der Waals surface area (Å²) in [7, 11) is 0. The van der Waals surface area contributed by atoms with Crippen LogP contribution >= 0.6 is 0 Å². The Bertz CT molecular complexity index is 1500. The van der Waals surface area contributed by atoms with Gasteiger partial charge in [-0.05, 0) is 18.2 Å². The molecule has 0 unspecified atom stereocenters. The zero-order valence-electron chi connectivity index (χ0n) is 21.9. The van der Waals surface area contributed by atoms with E-state index in [4.69, 9.17) is 9.97 Å². The lowest BCUT2D eigenvalue weighted by Crippen LogP contribution is -2.48. The van der Waals surface area contributed by atoms with Crippen LogP contribution in [0.3, 0.4) is 0 Å². The number of anilines is 1. The maximum absolute atomic E-state index is 13.4. The fourth-order valence-electron chi connectivity index (χ4n) is 4.45. The van der Waals surface area contributed by atoms with Gasteiger partial charge >= 0.3 is 0 Å². The van der Waals surface area contributed by atoms with Gasteiger partial charge in [-0.3, -0.25) is 14.5 Å². The first-order valence-corrected chi connectivity index (χ1v) is 13.1. The van der Waals surface area contributed by atoms with Crippen molar-refractivity contribution in [3.8, 4) is 23.2 Å². The number of hydrogen-bond acceptors (Lipinski definition) is 6. The van der Waals surface area contributed by atoms with E-state index >= 15 is 0 Å². The third-order valence-corrected chi connectivity index (χ3v) is 6.51. The van der Waals surface area contributed by atoms with E-state index in [-0.39, 0.29) is 11.8 Å². The van der Waals surface area contributed by atoms with Crippen molar-refractivity contribution in [1.29, 1.82) is 0 Å². The molecule has 0 spiro atoms. The topological polar surface area (TPSA) is 106 Å². The van der Waals surface area contributed by atoms with Gasteiger partial charge in [0.2, 0.25) is 5.91 Å². The molecule has 0 saturated carbocycles. The Kier molecular flexibility index (Phi) is 8.15. The Labute approximate surface area is 227 Å². The second kappa shape index (κ2) is 12.2. The van der Waals surface area contributed by atoms with E-state index in [0.717, 1.165) is 29.6 Å². The third-order valence-electron chi connectivity index (χ3n) is 6.51. The highest BCUT2D eigenvalue weighted by atomic mass is 16.2. The van der Waals surface area contributed by atoms with Gasteiger partial charge in [0.15, 0.2) is 5.82 Å². The first-order valence-electron chi connectivity index (χ1n) is 13.1. The zero-order chi connectivity index (χ0) is 27.0. The summed E-state index contributed by atoms with van der Waals surface area (Å²) in [5, 5.41) is 6.80. The highest BCUT2D eigenvalue weighted by molar-refractivity contribution is 6.00. The normalized spacial score (nSPS) is 13.5. The highest BCUT2D eigenvalue weighted by Crippen LogP contribution is 2.26. The van der Waals surface area contributed by atoms with E-state index in [9.17, 15) is 9.59 Å². The molecule has 3 N–H and O–H groups in total. The predicted octanol–water partition coefficient (Wildman–Crippen LogP) is 2.98. The lowest BCUT2D eigenvalue weighted by molar-refractivity contribution is -0.118. The molecule has 39 heavy (non-hydrogen) atoms. The Balaban J connectivity index is 1.29. The molecule has 1 aliphatic heterocycles. The van der Waals surface area contributed by atoms with Gasteiger partial charge in [-0.1, -0.05) is 60.4 Å². The van der Waals surface area contributed by atoms with Gasteiger partial charge in [0.05, 0.1) is 11.9 Å². The molecule has 1 aliphatic rings. The van der Waals surface area contributed by atoms with Crippen LogP contribution in [0.25, 0.3) is 22.4 Å². The monoisotopic (exact) mass is 521 g/mol. The number of nitrogens with zero attached hydrogens (tertiary/aromatic N) is 4. The number of aromatic amines is 1. The van der Waals surface area contributed by atoms with E-state index in [2.05, 4.69) is 32.4 Å². The molecule has 2 aromatic heterocycles. The van der Waals surface area contributed by atoms with Crippen LogP contribution in [-0.4, -0.2) is 82.4 Å². The number of hydrogen-bond donors (Lipinski definition) is 3. The van der Waals surface area contributed by atoms with Gasteiger partial charge in [0, 0.05) is 57.3 Å². The summed E-state index contributed by atoms with van der Waals surface area (Å²) < 4.78 is 0. The van der Waals surface area contributed by atoms with Crippen molar-refractivity contribution in [2.24, 2.45) is 0 Å². The number of fused-ring (bicyclic) bond motifs is 1. The fraction of sp³-hybridized carbons (Fsp3) is 0.267. The van der Waals surface area contributed by atoms with Crippen molar-refractivity contribution < 1.29 is 9.59 Å². The molecule has 9 nitrogen and oxygen atoms in total. The summed E-state index contributed by atoms with van der Waals surface area (Å²) >= 11 is 0. The number of carbonyl (C=O) groups is 2. The van der Waals surface area contributed by atoms with Gasteiger partial charge in [0.1, 0.15) is 17.2 Å². The van der Waals surface area contributed by atoms with Crippen molar-refractivity contribution in [2.75, 3.05) is 51.1 Å². The SMILES string of the molecule is CC(=O)NCCNc1nc(-c2ccccc2)nc2[nH]c(C(=O)N3CCN(CC#Cc4ccccc4)CC3)cc12. The Morgan fingerprint density at radius 3 is 2.38 bits per heavy atom. The number of benzene rings is 2. The average molecular weight is 522 g/mol. The molecular weight excluding hydrogens is 490 g/mol. The molecular formula is C30H31N7O2. The molecule has 1 saturated heterocycles. The number of H-pyrrole nitrogens is 1. The molecule has 2 amide bonds. The summed E-state index contributed by atoms with van der Waals surface area (Å²) in [5.41, 5.74) is 2.95. The summed E-state index contributed by atoms with van der Waals surface area (Å²) in [6.45, 7) is 5.90. The molecule has 2 aromatic carbocycles. The van der Waals surface area contributed by atoms with Crippen LogP contribution in [0.1, 0.15) is 23.0 Å². The number of piperazine rings is 1. The third kappa shape index (κ3) is 6.61. The molecule has 9 heteroatoms. The van der Waals surface area contributed by atoms with Crippen molar-refractivity contribution in [1.82, 2.24) is 30.1 Å². The lowest BCUT2D eigenvalue weighted by Gasteiger charge is -2.33. The van der Waals surface area contributed by atoms with Crippen LogP contribution in [-0.2, 0) is 4.79 Å². The molecule has 4 aromatic rings. The van der Waals surface area contributed by atoms with E-state index < -0.39 is 0 Å². The first-order chi connectivity index (χ1) is 19.1. The molecule has 3 heterocycles. The highest BCUT2D eigenvalue weighted by Gasteiger charge is 2.24. The van der Waals surface area contributed by atoms with Crippen LogP contribution in [0.5, 0.6) is 0 Å². The Morgan fingerprint density at radius 2 is 1.67 bits per heavy atom. The zero-order valence-corrected chi connectivity index (χ0v) is 21.9. The second-order valence-corrected chi connectivity index (χ2v) is 9.35. The van der Waals surface area contributed by atoms with Crippen LogP contribution < -0.4 is 10.6 Å². The Morgan fingerprint density at radius 1 is 0.949 bits per heavy atom. The minimum absolute atomic E-state index is 0.0616. The van der Waals surface area contributed by atoms with Gasteiger partial charge in [-0.2, -0.15) is 0 Å². The van der Waals surface area contributed by atoms with Crippen molar-refractivity contribution in [2.45, 2.75) is 6.92 Å². The lowest BCUT2D eigenvalue weighted by atomic mass is 10.2. The Hall–Kier alpha value is -4.68. The van der Waals surface area contributed by atoms with Crippen LogP contribution in [0.4, 0.5) is 5.82 Å². The number of carbonyl (C=O) groups excluding carboxylic acids is 2. The van der Waals surface area contributed by atoms with Crippen LogP contribution in [0.2, 0.25) is 0 Å². The van der Waals surface area contributed by atoms with Crippen LogP contribution in [0.15, 0.2) is 66.7 Å². The maximum Gasteiger partial charge on any atom is 0.270 e. The molecule has 5 rings (SSSR count). The standard InChI is InChI=1S/C30H31N7O2/c1-22(38)31-14-15-32-28-25-21-26(33-29(25)35-27(34-28)24-12-6-3-7-13-24)30(39)37-19-17-36(18-20-37)16-8-11-23-9-4-2-5-10-23/h2-7,9-10,12-13,21H,14-20H2,1H3,(H,31,38)(H2,32,33,34,35). The van der Waals surface area contributed by atoms with Gasteiger partial charge < -0.3 is 20.5 Å². The summed E-state index contributed by atoms with van der Waals surface area (Å²) in [4.78, 5) is 41.5. The molecule has 0 atom stereocenters. The predicted molar refractivity (Wildman–Crippen MR) is 152 cm³/mol. The van der Waals surface area contributed by atoms with Crippen molar-refractivity contribution >= 4 is 28.7 Å². The van der Waals surface area contributed by atoms with Gasteiger partial charge in [-0.15, -0.1) is 0 Å². The number of amides is 2. The summed E-state index contributed by atoms with van der Waals surface area (Å²) in [5.74, 6) is 7.45. The number of rotatable bonds is 7. The minimum atomic E-state index is -0.0903. The summed E-state index contributed by atoms with van der Waals surface area (Å²) in [6, 6.07) is 21.5. The largest absolute Gasteiger partial charge is 0.368 e. The molecule has 198 valence electrons. The molecule has 0 radical (unpaired) electrons. The van der Waals surface area contributed by atoms with Gasteiger partial charge in [0.25, 0.3) is 5.91 Å². The fourth-order valence-corrected chi connectivity index (χ4v) is 4.45. The molecule has 1 fully saturated rings. The van der Waals surface area contributed by atoms with E-state index in [0.29, 0.717) is 55.7 Å². The first kappa shape index (κ1) is 25.9. The maximum atomic E-state index is 13.4. The molecule has 0 aliphatic carbocycles. The number of nitrogens with one attached hydrogen (secondary N) is 3. The number of aromatic nitrogens is 3. The average Bonchev–Trinajstić information content (AvgIpc) is 3.41. The second-order valence-electron chi connectivity index (χ2n) is 9.35. The van der Waals surface area contributed by atoms with E-state index in [1.807, 2.05) is 71.6 Å². The van der Waals surface area contributed by atoms with Gasteiger partial charge in [-0.25, -0.2) is 9.97 Å². The smallest absolute Gasteiger partial charge is 0.270 e. The quantitative estimate of drug-likeness (QED) is 0.255.